The standard InChI is InChI=1S/C13H15N3O/c1-9-3-5-11(6-4-9)8-14-13(17)12-7-10(2)15-16-12/h3-7H,8H2,1-2H3,(H,14,17)(H,15,16). The Balaban J connectivity index is 1.94. The molecule has 0 aliphatic heterocycles. The van der Waals surface area contributed by atoms with Gasteiger partial charge in [-0.25, -0.2) is 0 Å². The average Bonchev–Trinajstić information content (AvgIpc) is 2.75. The van der Waals surface area contributed by atoms with Crippen molar-refractivity contribution in [3.63, 3.8) is 0 Å². The summed E-state index contributed by atoms with van der Waals surface area (Å²) in [5, 5.41) is 9.48. The Bertz CT molecular complexity index is 514. The molecule has 0 aliphatic carbocycles. The van der Waals surface area contributed by atoms with Crippen molar-refractivity contribution in [3.05, 3.63) is 52.8 Å². The minimum atomic E-state index is -0.157. The lowest BCUT2D eigenvalue weighted by molar-refractivity contribution is 0.0946. The summed E-state index contributed by atoms with van der Waals surface area (Å²) < 4.78 is 0. The first-order valence-corrected chi connectivity index (χ1v) is 5.51. The highest BCUT2D eigenvalue weighted by Crippen LogP contribution is 2.03. The Labute approximate surface area is 100 Å². The Hall–Kier alpha value is -2.10. The highest BCUT2D eigenvalue weighted by atomic mass is 16.1. The fraction of sp³-hybridized carbons (Fsp3) is 0.231. The fourth-order valence-corrected chi connectivity index (χ4v) is 1.51. The van der Waals surface area contributed by atoms with Crippen molar-refractivity contribution in [3.8, 4) is 0 Å². The zero-order valence-electron chi connectivity index (χ0n) is 9.95. The highest BCUT2D eigenvalue weighted by molar-refractivity contribution is 5.92. The van der Waals surface area contributed by atoms with Gasteiger partial charge in [-0.05, 0) is 25.5 Å². The molecule has 0 saturated heterocycles. The van der Waals surface area contributed by atoms with Gasteiger partial charge >= 0.3 is 0 Å². The van der Waals surface area contributed by atoms with Crippen LogP contribution in [0.2, 0.25) is 0 Å². The van der Waals surface area contributed by atoms with Crippen LogP contribution in [0.15, 0.2) is 30.3 Å². The van der Waals surface area contributed by atoms with E-state index in [1.807, 2.05) is 38.1 Å². The number of hydrogen-bond acceptors (Lipinski definition) is 2. The van der Waals surface area contributed by atoms with Crippen molar-refractivity contribution in [1.29, 1.82) is 0 Å². The molecule has 0 saturated carbocycles. The summed E-state index contributed by atoms with van der Waals surface area (Å²) in [6.07, 6.45) is 0. The van der Waals surface area contributed by atoms with E-state index in [1.54, 1.807) is 6.07 Å². The van der Waals surface area contributed by atoms with E-state index in [1.165, 1.54) is 5.56 Å². The Morgan fingerprint density at radius 3 is 2.59 bits per heavy atom. The van der Waals surface area contributed by atoms with Crippen LogP contribution >= 0.6 is 0 Å². The van der Waals surface area contributed by atoms with Gasteiger partial charge in [0.2, 0.25) is 0 Å². The second-order valence-corrected chi connectivity index (χ2v) is 4.10. The van der Waals surface area contributed by atoms with Gasteiger partial charge in [0.05, 0.1) is 0 Å². The molecule has 2 rings (SSSR count). The van der Waals surface area contributed by atoms with Crippen LogP contribution in [-0.2, 0) is 6.54 Å². The number of aromatic nitrogens is 2. The molecule has 1 aromatic heterocycles. The van der Waals surface area contributed by atoms with Gasteiger partial charge in [0, 0.05) is 12.2 Å². The van der Waals surface area contributed by atoms with E-state index in [4.69, 9.17) is 0 Å². The van der Waals surface area contributed by atoms with Crippen LogP contribution < -0.4 is 5.32 Å². The third-order valence-electron chi connectivity index (χ3n) is 2.51. The van der Waals surface area contributed by atoms with Crippen molar-refractivity contribution in [2.24, 2.45) is 0 Å². The molecule has 0 bridgehead atoms. The topological polar surface area (TPSA) is 57.8 Å². The number of nitrogens with zero attached hydrogens (tertiary/aromatic N) is 1. The van der Waals surface area contributed by atoms with Crippen molar-refractivity contribution >= 4 is 5.91 Å². The molecule has 1 heterocycles. The van der Waals surface area contributed by atoms with Crippen molar-refractivity contribution in [2.75, 3.05) is 0 Å². The van der Waals surface area contributed by atoms with Gasteiger partial charge in [0.1, 0.15) is 5.69 Å². The number of nitrogens with one attached hydrogen (secondary N) is 2. The van der Waals surface area contributed by atoms with Crippen LogP contribution in [0.25, 0.3) is 0 Å². The molecule has 0 fully saturated rings. The van der Waals surface area contributed by atoms with E-state index in [0.29, 0.717) is 12.2 Å². The molecule has 0 radical (unpaired) electrons. The predicted octanol–water partition coefficient (Wildman–Crippen LogP) is 1.96. The highest BCUT2D eigenvalue weighted by Gasteiger charge is 2.08. The Kier molecular flexibility index (Phi) is 3.23. The third-order valence-corrected chi connectivity index (χ3v) is 2.51. The second kappa shape index (κ2) is 4.82. The van der Waals surface area contributed by atoms with Gasteiger partial charge < -0.3 is 5.32 Å². The van der Waals surface area contributed by atoms with Crippen LogP contribution in [0.5, 0.6) is 0 Å². The zero-order valence-corrected chi connectivity index (χ0v) is 9.95. The number of hydrogen-bond donors (Lipinski definition) is 2. The van der Waals surface area contributed by atoms with E-state index in [0.717, 1.165) is 11.3 Å². The Morgan fingerprint density at radius 2 is 2.00 bits per heavy atom. The Morgan fingerprint density at radius 1 is 1.29 bits per heavy atom. The van der Waals surface area contributed by atoms with E-state index >= 15 is 0 Å². The molecule has 2 N–H and O–H groups in total. The summed E-state index contributed by atoms with van der Waals surface area (Å²) in [4.78, 5) is 11.7. The third kappa shape index (κ3) is 2.93. The number of H-pyrrole nitrogens is 1. The SMILES string of the molecule is Cc1ccc(CNC(=O)c2cc(C)[nH]n2)cc1. The molecule has 0 unspecified atom stereocenters. The molecule has 17 heavy (non-hydrogen) atoms. The maximum absolute atomic E-state index is 11.7. The molecule has 1 amide bonds. The monoisotopic (exact) mass is 229 g/mol. The van der Waals surface area contributed by atoms with Gasteiger partial charge in [-0.3, -0.25) is 9.89 Å². The number of benzene rings is 1. The molecule has 0 atom stereocenters. The van der Waals surface area contributed by atoms with E-state index < -0.39 is 0 Å². The maximum atomic E-state index is 11.7. The van der Waals surface area contributed by atoms with Gasteiger partial charge in [-0.15, -0.1) is 0 Å². The average molecular weight is 229 g/mol. The maximum Gasteiger partial charge on any atom is 0.272 e. The van der Waals surface area contributed by atoms with E-state index in [9.17, 15) is 4.79 Å². The lowest BCUT2D eigenvalue weighted by Crippen LogP contribution is -2.23. The van der Waals surface area contributed by atoms with Gasteiger partial charge in [-0.2, -0.15) is 5.10 Å². The largest absolute Gasteiger partial charge is 0.347 e. The number of aromatic amines is 1. The number of rotatable bonds is 3. The minimum absolute atomic E-state index is 0.157. The number of amides is 1. The van der Waals surface area contributed by atoms with E-state index in [2.05, 4.69) is 15.5 Å². The van der Waals surface area contributed by atoms with Gasteiger partial charge in [-0.1, -0.05) is 29.8 Å². The van der Waals surface area contributed by atoms with Crippen LogP contribution in [0, 0.1) is 13.8 Å². The molecule has 2 aromatic rings. The molecule has 88 valence electrons. The lowest BCUT2D eigenvalue weighted by atomic mass is 10.1. The molecular formula is C13H15N3O. The molecule has 4 heteroatoms. The minimum Gasteiger partial charge on any atom is -0.347 e. The molecule has 1 aromatic carbocycles. The van der Waals surface area contributed by atoms with Gasteiger partial charge in [0.15, 0.2) is 0 Å². The number of aryl methyl sites for hydroxylation is 2. The quantitative estimate of drug-likeness (QED) is 0.845. The van der Waals surface area contributed by atoms with Crippen LogP contribution in [-0.4, -0.2) is 16.1 Å². The van der Waals surface area contributed by atoms with Crippen LogP contribution in [0.1, 0.15) is 27.3 Å². The normalized spacial score (nSPS) is 10.2. The van der Waals surface area contributed by atoms with Crippen molar-refractivity contribution in [2.45, 2.75) is 20.4 Å². The smallest absolute Gasteiger partial charge is 0.272 e. The second-order valence-electron chi connectivity index (χ2n) is 4.10. The summed E-state index contributed by atoms with van der Waals surface area (Å²) in [5.41, 5.74) is 3.60. The van der Waals surface area contributed by atoms with E-state index in [-0.39, 0.29) is 5.91 Å². The van der Waals surface area contributed by atoms with Crippen LogP contribution in [0.4, 0.5) is 0 Å². The first-order chi connectivity index (χ1) is 8.15. The fourth-order valence-electron chi connectivity index (χ4n) is 1.51. The first-order valence-electron chi connectivity index (χ1n) is 5.51. The molecule has 4 nitrogen and oxygen atoms in total. The number of carbonyl (C=O) groups excluding carboxylic acids is 1. The number of carbonyl (C=O) groups is 1. The molecule has 0 aliphatic rings. The molecule has 0 spiro atoms. The van der Waals surface area contributed by atoms with Crippen molar-refractivity contribution < 1.29 is 4.79 Å². The van der Waals surface area contributed by atoms with Crippen LogP contribution in [0.3, 0.4) is 0 Å². The zero-order chi connectivity index (χ0) is 12.3. The van der Waals surface area contributed by atoms with Crippen molar-refractivity contribution in [1.82, 2.24) is 15.5 Å². The van der Waals surface area contributed by atoms with Gasteiger partial charge in [0.25, 0.3) is 5.91 Å². The summed E-state index contributed by atoms with van der Waals surface area (Å²) in [6.45, 7) is 4.42. The summed E-state index contributed by atoms with van der Waals surface area (Å²) in [7, 11) is 0. The summed E-state index contributed by atoms with van der Waals surface area (Å²) in [5.74, 6) is -0.157. The summed E-state index contributed by atoms with van der Waals surface area (Å²) in [6, 6.07) is 9.79. The predicted molar refractivity (Wildman–Crippen MR) is 65.7 cm³/mol. The molecular weight excluding hydrogens is 214 g/mol. The lowest BCUT2D eigenvalue weighted by Gasteiger charge is -2.03. The summed E-state index contributed by atoms with van der Waals surface area (Å²) >= 11 is 0. The first kappa shape index (κ1) is 11.4.